The van der Waals surface area contributed by atoms with Crippen LogP contribution in [0.5, 0.6) is 0 Å². The predicted molar refractivity (Wildman–Crippen MR) is 143 cm³/mol. The summed E-state index contributed by atoms with van der Waals surface area (Å²) in [6, 6.07) is 0. The Morgan fingerprint density at radius 1 is 0.946 bits per heavy atom. The van der Waals surface area contributed by atoms with E-state index in [1.807, 2.05) is 0 Å². The number of fused-ring (bicyclic) bond motifs is 7. The van der Waals surface area contributed by atoms with E-state index in [4.69, 9.17) is 4.74 Å². The molecular weight excluding hydrogens is 464 g/mol. The molecular formula is C32H48O5. The lowest BCUT2D eigenvalue weighted by molar-refractivity contribution is -0.220. The summed E-state index contributed by atoms with van der Waals surface area (Å²) in [7, 11) is 0. The maximum Gasteiger partial charge on any atom is 0.313 e. The molecule has 0 unspecified atom stereocenters. The zero-order chi connectivity index (χ0) is 27.3. The van der Waals surface area contributed by atoms with Crippen LogP contribution in [0, 0.1) is 56.7 Å². The Morgan fingerprint density at radius 2 is 1.62 bits per heavy atom. The average Bonchev–Trinajstić information content (AvgIpc) is 2.79. The normalized spacial score (nSPS) is 53.1. The molecule has 0 aromatic carbocycles. The van der Waals surface area contributed by atoms with E-state index in [2.05, 4.69) is 47.6 Å². The standard InChI is InChI=1S/C32H48O5/c1-18-9-12-28(4)15-16-30(6)21(25(28)19(18)2)17-22(34)26-29(5)13-11-24(37-20(3)33)32(8,27(35)36)23(29)10-14-31(26,30)7/h17-19,23-26H,9-16H2,1-8H3,(H,35,36)/t18-,19+,23+,24-,25-,26+,28-,29+,30-,31-,32-/m1/s1. The molecule has 0 saturated heterocycles. The van der Waals surface area contributed by atoms with Gasteiger partial charge < -0.3 is 9.84 Å². The molecule has 4 saturated carbocycles. The van der Waals surface area contributed by atoms with Gasteiger partial charge in [0, 0.05) is 12.8 Å². The summed E-state index contributed by atoms with van der Waals surface area (Å²) >= 11 is 0. The fourth-order valence-electron chi connectivity index (χ4n) is 11.0. The third-order valence-electron chi connectivity index (χ3n) is 13.5. The summed E-state index contributed by atoms with van der Waals surface area (Å²) < 4.78 is 5.63. The quantitative estimate of drug-likeness (QED) is 0.410. The molecule has 1 N–H and O–H groups in total. The Kier molecular flexibility index (Phi) is 5.95. The van der Waals surface area contributed by atoms with Crippen LogP contribution in [-0.2, 0) is 19.1 Å². The van der Waals surface area contributed by atoms with E-state index in [0.717, 1.165) is 19.3 Å². The molecule has 0 aromatic rings. The Bertz CT molecular complexity index is 1060. The van der Waals surface area contributed by atoms with Crippen LogP contribution in [0.1, 0.15) is 107 Å². The van der Waals surface area contributed by atoms with Gasteiger partial charge in [-0.15, -0.1) is 0 Å². The largest absolute Gasteiger partial charge is 0.481 e. The lowest BCUT2D eigenvalue weighted by Crippen LogP contribution is -2.68. The van der Waals surface area contributed by atoms with Gasteiger partial charge in [0.25, 0.3) is 0 Å². The van der Waals surface area contributed by atoms with Gasteiger partial charge in [-0.05, 0) is 110 Å². The molecule has 0 aromatic heterocycles. The number of carbonyl (C=O) groups is 3. The van der Waals surface area contributed by atoms with E-state index in [1.54, 1.807) is 6.92 Å². The Labute approximate surface area is 223 Å². The van der Waals surface area contributed by atoms with Gasteiger partial charge in [0.1, 0.15) is 11.5 Å². The SMILES string of the molecule is CC(=O)O[C@@H]1CC[C@@]2(C)[C@H](CC[C@]3(C)[C@H]2C(=O)C=C2[C@H]4[C@@H](C)[C@H](C)CC[C@]4(C)CC[C@]23C)[C@@]1(C)C(=O)O. The van der Waals surface area contributed by atoms with Gasteiger partial charge in [-0.3, -0.25) is 14.4 Å². The molecule has 5 aliphatic carbocycles. The Balaban J connectivity index is 1.62. The molecule has 0 radical (unpaired) electrons. The predicted octanol–water partition coefficient (Wildman–Crippen LogP) is 6.84. The highest BCUT2D eigenvalue weighted by Gasteiger charge is 2.72. The molecule has 5 nitrogen and oxygen atoms in total. The number of aliphatic carboxylic acids is 1. The van der Waals surface area contributed by atoms with E-state index in [1.165, 1.54) is 31.8 Å². The summed E-state index contributed by atoms with van der Waals surface area (Å²) in [5.74, 6) is 0.0756. The summed E-state index contributed by atoms with van der Waals surface area (Å²) in [6.45, 7) is 17.4. The first kappa shape index (κ1) is 26.9. The summed E-state index contributed by atoms with van der Waals surface area (Å²) in [6.07, 6.45) is 8.96. The first-order valence-corrected chi connectivity index (χ1v) is 14.7. The summed E-state index contributed by atoms with van der Waals surface area (Å²) in [5.41, 5.74) is -0.280. The number of rotatable bonds is 2. The molecule has 37 heavy (non-hydrogen) atoms. The van der Waals surface area contributed by atoms with Crippen molar-refractivity contribution in [3.63, 3.8) is 0 Å². The minimum Gasteiger partial charge on any atom is -0.481 e. The van der Waals surface area contributed by atoms with Crippen LogP contribution in [0.2, 0.25) is 0 Å². The van der Waals surface area contributed by atoms with Crippen molar-refractivity contribution < 1.29 is 24.2 Å². The van der Waals surface area contributed by atoms with Crippen molar-refractivity contribution in [3.8, 4) is 0 Å². The zero-order valence-electron chi connectivity index (χ0n) is 24.3. The summed E-state index contributed by atoms with van der Waals surface area (Å²) in [5, 5.41) is 10.5. The van der Waals surface area contributed by atoms with Crippen LogP contribution >= 0.6 is 0 Å². The molecule has 11 atom stereocenters. The van der Waals surface area contributed by atoms with Crippen molar-refractivity contribution in [2.24, 2.45) is 56.7 Å². The molecule has 0 heterocycles. The minimum absolute atomic E-state index is 0.0680. The Morgan fingerprint density at radius 3 is 2.24 bits per heavy atom. The molecule has 5 rings (SSSR count). The maximum absolute atomic E-state index is 14.4. The highest BCUT2D eigenvalue weighted by molar-refractivity contribution is 5.96. The van der Waals surface area contributed by atoms with E-state index < -0.39 is 28.9 Å². The van der Waals surface area contributed by atoms with Crippen molar-refractivity contribution >= 4 is 17.7 Å². The van der Waals surface area contributed by atoms with Crippen LogP contribution in [-0.4, -0.2) is 28.9 Å². The van der Waals surface area contributed by atoms with Gasteiger partial charge in [-0.2, -0.15) is 0 Å². The second kappa shape index (κ2) is 8.18. The van der Waals surface area contributed by atoms with E-state index in [-0.39, 0.29) is 33.9 Å². The molecule has 5 heteroatoms. The van der Waals surface area contributed by atoms with Crippen LogP contribution in [0.4, 0.5) is 0 Å². The lowest BCUT2D eigenvalue weighted by atomic mass is 9.33. The zero-order valence-corrected chi connectivity index (χ0v) is 24.3. The number of esters is 1. The molecule has 5 aliphatic rings. The van der Waals surface area contributed by atoms with Gasteiger partial charge in [0.2, 0.25) is 0 Å². The van der Waals surface area contributed by atoms with Crippen LogP contribution in [0.15, 0.2) is 11.6 Å². The van der Waals surface area contributed by atoms with Crippen molar-refractivity contribution in [1.82, 2.24) is 0 Å². The van der Waals surface area contributed by atoms with Crippen LogP contribution in [0.25, 0.3) is 0 Å². The van der Waals surface area contributed by atoms with E-state index in [9.17, 15) is 19.5 Å². The average molecular weight is 513 g/mol. The fourth-order valence-corrected chi connectivity index (χ4v) is 11.0. The molecule has 0 spiro atoms. The van der Waals surface area contributed by atoms with Gasteiger partial charge in [-0.1, -0.05) is 47.1 Å². The van der Waals surface area contributed by atoms with E-state index >= 15 is 0 Å². The number of carbonyl (C=O) groups excluding carboxylic acids is 2. The van der Waals surface area contributed by atoms with Gasteiger partial charge in [0.05, 0.1) is 0 Å². The van der Waals surface area contributed by atoms with Gasteiger partial charge in [-0.25, -0.2) is 0 Å². The molecule has 4 fully saturated rings. The highest BCUT2D eigenvalue weighted by Crippen LogP contribution is 2.75. The number of hydrogen-bond donors (Lipinski definition) is 1. The summed E-state index contributed by atoms with van der Waals surface area (Å²) in [4.78, 5) is 39.1. The highest BCUT2D eigenvalue weighted by atomic mass is 16.5. The topological polar surface area (TPSA) is 80.7 Å². The van der Waals surface area contributed by atoms with E-state index in [0.29, 0.717) is 30.6 Å². The third-order valence-corrected chi connectivity index (χ3v) is 13.5. The second-order valence-corrected chi connectivity index (χ2v) is 15.0. The number of ether oxygens (including phenoxy) is 1. The smallest absolute Gasteiger partial charge is 0.313 e. The van der Waals surface area contributed by atoms with Crippen molar-refractivity contribution in [3.05, 3.63) is 11.6 Å². The number of carboxylic acid groups (broad SMARTS) is 1. The lowest BCUT2D eigenvalue weighted by Gasteiger charge is -2.70. The number of ketones is 1. The fraction of sp³-hybridized carbons (Fsp3) is 0.844. The first-order chi connectivity index (χ1) is 17.1. The van der Waals surface area contributed by atoms with Crippen LogP contribution < -0.4 is 0 Å². The second-order valence-electron chi connectivity index (χ2n) is 15.0. The number of hydrogen-bond acceptors (Lipinski definition) is 4. The van der Waals surface area contributed by atoms with Crippen molar-refractivity contribution in [2.45, 2.75) is 113 Å². The first-order valence-electron chi connectivity index (χ1n) is 14.7. The molecule has 0 bridgehead atoms. The molecule has 0 amide bonds. The van der Waals surface area contributed by atoms with Crippen LogP contribution in [0.3, 0.4) is 0 Å². The minimum atomic E-state index is -1.20. The Hall–Kier alpha value is -1.65. The van der Waals surface area contributed by atoms with Crippen molar-refractivity contribution in [1.29, 1.82) is 0 Å². The molecule has 0 aliphatic heterocycles. The monoisotopic (exact) mass is 512 g/mol. The number of allylic oxidation sites excluding steroid dienone is 2. The molecule has 206 valence electrons. The van der Waals surface area contributed by atoms with Gasteiger partial charge in [0.15, 0.2) is 5.78 Å². The third kappa shape index (κ3) is 3.30. The van der Waals surface area contributed by atoms with Crippen molar-refractivity contribution in [2.75, 3.05) is 0 Å². The maximum atomic E-state index is 14.4. The number of carboxylic acids is 1. The van der Waals surface area contributed by atoms with Gasteiger partial charge >= 0.3 is 11.9 Å².